The van der Waals surface area contributed by atoms with Crippen molar-refractivity contribution in [3.8, 4) is 0 Å². The highest BCUT2D eigenvalue weighted by molar-refractivity contribution is 4.77. The van der Waals surface area contributed by atoms with Crippen LogP contribution in [0, 0.1) is 0 Å². The zero-order valence-electron chi connectivity index (χ0n) is 6.20. The molecule has 0 radical (unpaired) electrons. The maximum atomic E-state index is 12.6. The Balaban J connectivity index is 4.03. The third-order valence-electron chi connectivity index (χ3n) is 1.29. The molecule has 0 aliphatic heterocycles. The summed E-state index contributed by atoms with van der Waals surface area (Å²) in [5, 5.41) is 0. The van der Waals surface area contributed by atoms with Gasteiger partial charge in [0.1, 0.15) is 6.17 Å². The van der Waals surface area contributed by atoms with Gasteiger partial charge in [0.15, 0.2) is 6.17 Å². The summed E-state index contributed by atoms with van der Waals surface area (Å²) in [4.78, 5) is 0. The Kier molecular flexibility index (Phi) is 3.15. The van der Waals surface area contributed by atoms with Crippen LogP contribution in [0.4, 0.5) is 13.2 Å². The molecule has 1 nitrogen and oxygen atoms in total. The molecular formula is C6H11F3O. The highest BCUT2D eigenvalue weighted by Gasteiger charge is 2.38. The first-order valence-electron chi connectivity index (χ1n) is 2.94. The number of alkyl halides is 3. The number of halogens is 3. The zero-order chi connectivity index (χ0) is 8.36. The molecular weight excluding hydrogens is 145 g/mol. The van der Waals surface area contributed by atoms with Crippen LogP contribution in [0.1, 0.15) is 13.8 Å². The molecule has 0 bridgehead atoms. The second kappa shape index (κ2) is 3.23. The van der Waals surface area contributed by atoms with Gasteiger partial charge < -0.3 is 4.74 Å². The van der Waals surface area contributed by atoms with Crippen molar-refractivity contribution in [1.29, 1.82) is 0 Å². The maximum Gasteiger partial charge on any atom is 0.240 e. The summed E-state index contributed by atoms with van der Waals surface area (Å²) < 4.78 is 41.2. The van der Waals surface area contributed by atoms with Crippen LogP contribution in [0.2, 0.25) is 0 Å². The fourth-order valence-electron chi connectivity index (χ4n) is 0.523. The van der Waals surface area contributed by atoms with Gasteiger partial charge in [-0.25, -0.2) is 13.2 Å². The fraction of sp³-hybridized carbons (Fsp3) is 1.00. The number of hydrogen-bond acceptors (Lipinski definition) is 1. The SMILES string of the molecule is COC(C)(F)C(F)C(C)F. The predicted octanol–water partition coefficient (Wildman–Crippen LogP) is 2.01. The quantitative estimate of drug-likeness (QED) is 0.607. The molecule has 62 valence electrons. The van der Waals surface area contributed by atoms with Gasteiger partial charge in [0.25, 0.3) is 0 Å². The molecule has 0 aromatic carbocycles. The van der Waals surface area contributed by atoms with Crippen molar-refractivity contribution < 1.29 is 17.9 Å². The Morgan fingerprint density at radius 2 is 1.80 bits per heavy atom. The summed E-state index contributed by atoms with van der Waals surface area (Å²) in [5.74, 6) is -2.52. The summed E-state index contributed by atoms with van der Waals surface area (Å²) in [5.41, 5.74) is 0. The Bertz CT molecular complexity index is 103. The van der Waals surface area contributed by atoms with E-state index in [1.807, 2.05) is 0 Å². The minimum atomic E-state index is -2.52. The minimum Gasteiger partial charge on any atom is -0.347 e. The standard InChI is InChI=1S/C6H11F3O/c1-4(7)5(8)6(2,9)10-3/h4-5H,1-3H3. The number of hydrogen-bond donors (Lipinski definition) is 0. The van der Waals surface area contributed by atoms with E-state index in [1.54, 1.807) is 0 Å². The lowest BCUT2D eigenvalue weighted by Gasteiger charge is -2.23. The Morgan fingerprint density at radius 3 is 1.90 bits per heavy atom. The van der Waals surface area contributed by atoms with Crippen molar-refractivity contribution in [2.24, 2.45) is 0 Å². The van der Waals surface area contributed by atoms with Crippen molar-refractivity contribution in [3.63, 3.8) is 0 Å². The van der Waals surface area contributed by atoms with Gasteiger partial charge in [0.2, 0.25) is 5.85 Å². The van der Waals surface area contributed by atoms with E-state index < -0.39 is 18.2 Å². The monoisotopic (exact) mass is 156 g/mol. The van der Waals surface area contributed by atoms with E-state index in [1.165, 1.54) is 0 Å². The first-order chi connectivity index (χ1) is 4.41. The molecule has 0 rings (SSSR count). The van der Waals surface area contributed by atoms with Gasteiger partial charge in [-0.05, 0) is 13.8 Å². The van der Waals surface area contributed by atoms with Crippen LogP contribution in [0.3, 0.4) is 0 Å². The molecule has 0 aromatic heterocycles. The second-order valence-corrected chi connectivity index (χ2v) is 2.27. The fourth-order valence-corrected chi connectivity index (χ4v) is 0.523. The maximum absolute atomic E-state index is 12.6. The average Bonchev–Trinajstić information content (AvgIpc) is 1.86. The number of rotatable bonds is 3. The number of ether oxygens (including phenoxy) is 1. The topological polar surface area (TPSA) is 9.23 Å². The highest BCUT2D eigenvalue weighted by atomic mass is 19.2. The third-order valence-corrected chi connectivity index (χ3v) is 1.29. The van der Waals surface area contributed by atoms with E-state index in [9.17, 15) is 13.2 Å². The third kappa shape index (κ3) is 2.17. The van der Waals surface area contributed by atoms with Gasteiger partial charge in [0, 0.05) is 7.11 Å². The minimum absolute atomic E-state index is 0.855. The Hall–Kier alpha value is -0.250. The molecule has 0 spiro atoms. The first kappa shape index (κ1) is 9.75. The molecule has 3 unspecified atom stereocenters. The van der Waals surface area contributed by atoms with Crippen molar-refractivity contribution in [3.05, 3.63) is 0 Å². The van der Waals surface area contributed by atoms with E-state index in [-0.39, 0.29) is 0 Å². The molecule has 0 aliphatic rings. The lowest BCUT2D eigenvalue weighted by molar-refractivity contribution is -0.168. The molecule has 0 saturated heterocycles. The predicted molar refractivity (Wildman–Crippen MR) is 32.0 cm³/mol. The van der Waals surface area contributed by atoms with Gasteiger partial charge in [-0.1, -0.05) is 0 Å². The van der Waals surface area contributed by atoms with Crippen molar-refractivity contribution >= 4 is 0 Å². The Morgan fingerprint density at radius 1 is 1.40 bits per heavy atom. The van der Waals surface area contributed by atoms with Gasteiger partial charge >= 0.3 is 0 Å². The van der Waals surface area contributed by atoms with Crippen LogP contribution in [0.25, 0.3) is 0 Å². The van der Waals surface area contributed by atoms with Crippen molar-refractivity contribution in [2.45, 2.75) is 32.0 Å². The molecule has 0 saturated carbocycles. The lowest BCUT2D eigenvalue weighted by atomic mass is 10.1. The van der Waals surface area contributed by atoms with E-state index in [2.05, 4.69) is 4.74 Å². The van der Waals surface area contributed by atoms with Crippen LogP contribution in [-0.4, -0.2) is 25.3 Å². The molecule has 4 heteroatoms. The molecule has 10 heavy (non-hydrogen) atoms. The van der Waals surface area contributed by atoms with Gasteiger partial charge in [-0.2, -0.15) is 0 Å². The summed E-state index contributed by atoms with van der Waals surface area (Å²) in [6.45, 7) is 1.80. The summed E-state index contributed by atoms with van der Waals surface area (Å²) in [6, 6.07) is 0. The van der Waals surface area contributed by atoms with Gasteiger partial charge in [-0.3, -0.25) is 0 Å². The number of methoxy groups -OCH3 is 1. The molecule has 0 heterocycles. The van der Waals surface area contributed by atoms with Crippen LogP contribution in [0.15, 0.2) is 0 Å². The van der Waals surface area contributed by atoms with E-state index in [0.29, 0.717) is 0 Å². The average molecular weight is 156 g/mol. The Labute approximate surface area is 58.2 Å². The van der Waals surface area contributed by atoms with Crippen LogP contribution in [-0.2, 0) is 4.74 Å². The van der Waals surface area contributed by atoms with Crippen LogP contribution in [0.5, 0.6) is 0 Å². The van der Waals surface area contributed by atoms with E-state index in [0.717, 1.165) is 21.0 Å². The van der Waals surface area contributed by atoms with E-state index in [4.69, 9.17) is 0 Å². The smallest absolute Gasteiger partial charge is 0.240 e. The van der Waals surface area contributed by atoms with Gasteiger partial charge in [0.05, 0.1) is 0 Å². The molecule has 0 N–H and O–H groups in total. The molecule has 3 atom stereocenters. The van der Waals surface area contributed by atoms with Crippen LogP contribution < -0.4 is 0 Å². The normalized spacial score (nSPS) is 23.4. The van der Waals surface area contributed by atoms with Crippen molar-refractivity contribution in [2.75, 3.05) is 7.11 Å². The second-order valence-electron chi connectivity index (χ2n) is 2.27. The summed E-state index contributed by atoms with van der Waals surface area (Å²) >= 11 is 0. The molecule has 0 aromatic rings. The molecule has 0 aliphatic carbocycles. The van der Waals surface area contributed by atoms with E-state index >= 15 is 0 Å². The largest absolute Gasteiger partial charge is 0.347 e. The lowest BCUT2D eigenvalue weighted by Crippen LogP contribution is -2.38. The molecule has 0 amide bonds. The summed E-state index contributed by atoms with van der Waals surface area (Å²) in [6.07, 6.45) is -4.08. The first-order valence-corrected chi connectivity index (χ1v) is 2.94. The van der Waals surface area contributed by atoms with Gasteiger partial charge in [-0.15, -0.1) is 0 Å². The van der Waals surface area contributed by atoms with Crippen LogP contribution >= 0.6 is 0 Å². The highest BCUT2D eigenvalue weighted by Crippen LogP contribution is 2.23. The summed E-state index contributed by atoms with van der Waals surface area (Å²) in [7, 11) is 0.995. The zero-order valence-corrected chi connectivity index (χ0v) is 6.20. The van der Waals surface area contributed by atoms with Crippen molar-refractivity contribution in [1.82, 2.24) is 0 Å². The molecule has 0 fully saturated rings.